The second kappa shape index (κ2) is 8.19. The first kappa shape index (κ1) is 21.1. The highest BCUT2D eigenvalue weighted by Crippen LogP contribution is 2.38. The van der Waals surface area contributed by atoms with Crippen LogP contribution in [0.3, 0.4) is 0 Å². The predicted octanol–water partition coefficient (Wildman–Crippen LogP) is 0.0770. The van der Waals surface area contributed by atoms with E-state index >= 15 is 0 Å². The first-order valence-electron chi connectivity index (χ1n) is 10.3. The van der Waals surface area contributed by atoms with Crippen molar-refractivity contribution in [3.63, 3.8) is 0 Å². The number of carbonyl (C=O) groups is 2. The van der Waals surface area contributed by atoms with Crippen molar-refractivity contribution in [3.8, 4) is 11.5 Å². The molecule has 12 heteroatoms. The van der Waals surface area contributed by atoms with Crippen molar-refractivity contribution in [2.24, 2.45) is 0 Å². The van der Waals surface area contributed by atoms with E-state index in [1.807, 2.05) is 6.92 Å². The highest BCUT2D eigenvalue weighted by Gasteiger charge is 2.36. The Morgan fingerprint density at radius 3 is 2.81 bits per heavy atom. The third-order valence-corrected chi connectivity index (χ3v) is 5.40. The molecular formula is C19H24BN4O7-. The maximum absolute atomic E-state index is 12.4. The van der Waals surface area contributed by atoms with Gasteiger partial charge in [0.15, 0.2) is 0 Å². The fourth-order valence-electron chi connectivity index (χ4n) is 3.75. The summed E-state index contributed by atoms with van der Waals surface area (Å²) >= 11 is 0. The number of benzene rings is 1. The molecule has 3 N–H and O–H groups in total. The van der Waals surface area contributed by atoms with Crippen LogP contribution in [0.1, 0.15) is 35.0 Å². The summed E-state index contributed by atoms with van der Waals surface area (Å²) in [6, 6.07) is 3.19. The summed E-state index contributed by atoms with van der Waals surface area (Å²) in [7, 11) is 0. The molecule has 0 saturated carbocycles. The summed E-state index contributed by atoms with van der Waals surface area (Å²) in [6.07, 6.45) is 3.41. The number of carboxylic acid groups (broad SMARTS) is 1. The Kier molecular flexibility index (Phi) is 5.59. The number of likely N-dealkylation sites (tertiary alicyclic amines) is 1. The maximum Gasteiger partial charge on any atom is 0.430 e. The van der Waals surface area contributed by atoms with Crippen molar-refractivity contribution in [1.82, 2.24) is 19.9 Å². The van der Waals surface area contributed by atoms with Gasteiger partial charge in [-0.25, -0.2) is 9.48 Å². The van der Waals surface area contributed by atoms with Gasteiger partial charge in [0.1, 0.15) is 24.0 Å². The molecule has 166 valence electrons. The summed E-state index contributed by atoms with van der Waals surface area (Å²) in [5.41, 5.74) is 1.17. The van der Waals surface area contributed by atoms with E-state index in [0.717, 1.165) is 18.5 Å². The number of rotatable bonds is 7. The van der Waals surface area contributed by atoms with Gasteiger partial charge in [-0.05, 0) is 24.5 Å². The zero-order valence-electron chi connectivity index (χ0n) is 17.1. The number of amides is 1. The van der Waals surface area contributed by atoms with E-state index in [2.05, 4.69) is 10.3 Å². The topological polar surface area (TPSA) is 147 Å². The van der Waals surface area contributed by atoms with Crippen LogP contribution >= 0.6 is 0 Å². The molecule has 0 bridgehead atoms. The molecule has 1 amide bonds. The molecular weight excluding hydrogens is 407 g/mol. The lowest BCUT2D eigenvalue weighted by atomic mass is 9.70. The third kappa shape index (κ3) is 4.49. The molecule has 3 heterocycles. The zero-order chi connectivity index (χ0) is 22.2. The van der Waals surface area contributed by atoms with Crippen LogP contribution in [0.5, 0.6) is 11.5 Å². The lowest BCUT2D eigenvalue weighted by Gasteiger charge is -2.40. The quantitative estimate of drug-likeness (QED) is 0.519. The fraction of sp³-hybridized carbons (Fsp3) is 0.474. The fourth-order valence-corrected chi connectivity index (χ4v) is 3.75. The van der Waals surface area contributed by atoms with Crippen molar-refractivity contribution in [3.05, 3.63) is 35.2 Å². The summed E-state index contributed by atoms with van der Waals surface area (Å²) < 4.78 is 12.5. The molecule has 0 aliphatic carbocycles. The van der Waals surface area contributed by atoms with Crippen LogP contribution in [0.15, 0.2) is 18.3 Å². The van der Waals surface area contributed by atoms with Crippen molar-refractivity contribution in [2.75, 3.05) is 13.1 Å². The Hall–Kier alpha value is -3.12. The molecule has 1 fully saturated rings. The standard InChI is InChI=1S/C19H24BN4O7/c1-2-3-13-8-24(22-21-13)11-16(25)23-9-14(10-23)30-15-5-4-12-6-7-20(28,29)31-18(12)17(15)19(26)27/h4-5,8,14,28-29H,2-3,6-7,9-11H2,1H3,(H,26,27)/q-1. The first-order valence-corrected chi connectivity index (χ1v) is 10.3. The Morgan fingerprint density at radius 1 is 1.32 bits per heavy atom. The lowest BCUT2D eigenvalue weighted by Crippen LogP contribution is -2.57. The highest BCUT2D eigenvalue weighted by atomic mass is 16.6. The Labute approximate surface area is 178 Å². The smallest absolute Gasteiger partial charge is 0.430 e. The molecule has 2 aliphatic rings. The molecule has 4 rings (SSSR count). The van der Waals surface area contributed by atoms with E-state index in [1.165, 1.54) is 10.7 Å². The Bertz CT molecular complexity index is 1000. The van der Waals surface area contributed by atoms with Crippen LogP contribution in [0.4, 0.5) is 0 Å². The number of carboxylic acids is 1. The average molecular weight is 431 g/mol. The number of hydrogen-bond acceptors (Lipinski definition) is 8. The number of hydrogen-bond donors (Lipinski definition) is 3. The van der Waals surface area contributed by atoms with Gasteiger partial charge in [-0.3, -0.25) is 4.79 Å². The van der Waals surface area contributed by atoms with Crippen LogP contribution in [-0.4, -0.2) is 72.9 Å². The SMILES string of the molecule is CCCc1cn(CC(=O)N2CC(Oc3ccc4c(c3C(=O)O)O[B-](O)(O)CC4)C2)nn1. The minimum Gasteiger partial charge on any atom is -0.669 e. The Balaban J connectivity index is 1.39. The van der Waals surface area contributed by atoms with E-state index in [9.17, 15) is 24.7 Å². The van der Waals surface area contributed by atoms with Gasteiger partial charge >= 0.3 is 12.7 Å². The van der Waals surface area contributed by atoms with Gasteiger partial charge in [0.25, 0.3) is 0 Å². The van der Waals surface area contributed by atoms with Crippen LogP contribution in [0, 0.1) is 0 Å². The van der Waals surface area contributed by atoms with Gasteiger partial charge in [-0.15, -0.1) is 5.10 Å². The molecule has 31 heavy (non-hydrogen) atoms. The number of aryl methyl sites for hydroxylation is 2. The molecule has 0 atom stereocenters. The average Bonchev–Trinajstić information content (AvgIpc) is 3.09. The van der Waals surface area contributed by atoms with Gasteiger partial charge < -0.3 is 29.4 Å². The predicted molar refractivity (Wildman–Crippen MR) is 108 cm³/mol. The number of ether oxygens (including phenoxy) is 1. The van der Waals surface area contributed by atoms with E-state index in [4.69, 9.17) is 9.39 Å². The number of aromatic nitrogens is 3. The van der Waals surface area contributed by atoms with Gasteiger partial charge in [0, 0.05) is 6.20 Å². The second-order valence-corrected chi connectivity index (χ2v) is 7.94. The van der Waals surface area contributed by atoms with Gasteiger partial charge in [0.05, 0.1) is 24.5 Å². The molecule has 1 aromatic heterocycles. The van der Waals surface area contributed by atoms with Crippen molar-refractivity contribution in [1.29, 1.82) is 0 Å². The first-order chi connectivity index (χ1) is 14.8. The largest absolute Gasteiger partial charge is 0.669 e. The molecule has 2 aromatic rings. The summed E-state index contributed by atoms with van der Waals surface area (Å²) in [5, 5.41) is 37.2. The van der Waals surface area contributed by atoms with E-state index in [0.29, 0.717) is 18.7 Å². The van der Waals surface area contributed by atoms with Gasteiger partial charge in [0.2, 0.25) is 5.91 Å². The lowest BCUT2D eigenvalue weighted by molar-refractivity contribution is -0.140. The normalized spacial score (nSPS) is 17.5. The van der Waals surface area contributed by atoms with Gasteiger partial charge in [-0.2, -0.15) is 0 Å². The van der Waals surface area contributed by atoms with E-state index in [1.54, 1.807) is 17.2 Å². The minimum absolute atomic E-state index is 0.00231. The number of nitrogens with zero attached hydrogens (tertiary/aromatic N) is 4. The molecule has 0 radical (unpaired) electrons. The maximum atomic E-state index is 12.4. The molecule has 1 aromatic carbocycles. The van der Waals surface area contributed by atoms with Crippen molar-refractivity contribution < 1.29 is 34.1 Å². The van der Waals surface area contributed by atoms with Crippen LogP contribution in [0.25, 0.3) is 0 Å². The molecule has 1 saturated heterocycles. The van der Waals surface area contributed by atoms with Crippen LogP contribution < -0.4 is 9.39 Å². The van der Waals surface area contributed by atoms with E-state index < -0.39 is 12.7 Å². The Morgan fingerprint density at radius 2 is 2.10 bits per heavy atom. The summed E-state index contributed by atoms with van der Waals surface area (Å²) in [5.74, 6) is -1.44. The number of fused-ring (bicyclic) bond motifs is 1. The zero-order valence-corrected chi connectivity index (χ0v) is 17.1. The minimum atomic E-state index is -3.10. The molecule has 0 spiro atoms. The third-order valence-electron chi connectivity index (χ3n) is 5.40. The summed E-state index contributed by atoms with van der Waals surface area (Å²) in [6.45, 7) is -0.370. The van der Waals surface area contributed by atoms with Crippen LogP contribution in [-0.2, 0) is 24.2 Å². The number of carbonyl (C=O) groups excluding carboxylic acids is 1. The molecule has 2 aliphatic heterocycles. The van der Waals surface area contributed by atoms with Crippen molar-refractivity contribution >= 4 is 18.6 Å². The molecule has 0 unspecified atom stereocenters. The summed E-state index contributed by atoms with van der Waals surface area (Å²) in [4.78, 5) is 25.8. The monoisotopic (exact) mass is 431 g/mol. The second-order valence-electron chi connectivity index (χ2n) is 7.94. The molecule has 11 nitrogen and oxygen atoms in total. The highest BCUT2D eigenvalue weighted by molar-refractivity contribution is 6.59. The van der Waals surface area contributed by atoms with E-state index in [-0.39, 0.29) is 48.4 Å². The van der Waals surface area contributed by atoms with Gasteiger partial charge in [-0.1, -0.05) is 30.9 Å². The number of aromatic carboxylic acids is 1. The van der Waals surface area contributed by atoms with Crippen LogP contribution in [0.2, 0.25) is 6.32 Å². The van der Waals surface area contributed by atoms with Crippen molar-refractivity contribution in [2.45, 2.75) is 45.2 Å².